The van der Waals surface area contributed by atoms with Gasteiger partial charge in [-0.05, 0) is 44.2 Å². The van der Waals surface area contributed by atoms with E-state index in [-0.39, 0.29) is 16.6 Å². The Hall–Kier alpha value is -3.08. The number of alkyl halides is 3. The molecule has 2 amide bonds. The number of nitrogens with one attached hydrogen (secondary N) is 1. The monoisotopic (exact) mass is 455 g/mol. The molecule has 0 bridgehead atoms. The summed E-state index contributed by atoms with van der Waals surface area (Å²) in [6.07, 6.45) is -4.71. The summed E-state index contributed by atoms with van der Waals surface area (Å²) in [6, 6.07) is 8.49. The van der Waals surface area contributed by atoms with Crippen LogP contribution in [0, 0.1) is 10.1 Å². The van der Waals surface area contributed by atoms with E-state index in [1.807, 2.05) is 13.8 Å². The molecule has 2 rings (SSSR count). The first-order chi connectivity index (χ1) is 14.6. The summed E-state index contributed by atoms with van der Waals surface area (Å²) in [5.74, 6) is -0.969. The average molecular weight is 455 g/mol. The Morgan fingerprint density at radius 2 is 1.81 bits per heavy atom. The van der Waals surface area contributed by atoms with E-state index in [2.05, 4.69) is 5.32 Å². The zero-order chi connectivity index (χ0) is 23.2. The predicted octanol–water partition coefficient (Wildman–Crippen LogP) is 4.83. The molecule has 0 aliphatic rings. The molecule has 7 nitrogen and oxygen atoms in total. The fourth-order valence-electron chi connectivity index (χ4n) is 2.72. The molecule has 0 unspecified atom stereocenters. The molecule has 0 atom stereocenters. The van der Waals surface area contributed by atoms with Gasteiger partial charge in [-0.25, -0.2) is 0 Å². The summed E-state index contributed by atoms with van der Waals surface area (Å²) in [6.45, 7) is 4.78. The van der Waals surface area contributed by atoms with Gasteiger partial charge in [-0.2, -0.15) is 13.2 Å². The minimum Gasteiger partial charge on any atom is -0.339 e. The van der Waals surface area contributed by atoms with Crippen molar-refractivity contribution in [3.8, 4) is 0 Å². The van der Waals surface area contributed by atoms with Gasteiger partial charge in [0.2, 0.25) is 5.91 Å². The summed E-state index contributed by atoms with van der Waals surface area (Å²) in [4.78, 5) is 36.4. The highest BCUT2D eigenvalue weighted by atomic mass is 32.2. The number of carbonyl (C=O) groups is 2. The highest BCUT2D eigenvalue weighted by Gasteiger charge is 2.33. The van der Waals surface area contributed by atoms with E-state index in [9.17, 15) is 32.9 Å². The molecule has 2 aromatic rings. The molecule has 0 saturated heterocycles. The van der Waals surface area contributed by atoms with Crippen molar-refractivity contribution >= 4 is 35.0 Å². The van der Waals surface area contributed by atoms with Gasteiger partial charge in [0, 0.05) is 30.4 Å². The Morgan fingerprint density at radius 1 is 1.13 bits per heavy atom. The molecule has 0 saturated carbocycles. The predicted molar refractivity (Wildman–Crippen MR) is 111 cm³/mol. The topological polar surface area (TPSA) is 92.6 Å². The van der Waals surface area contributed by atoms with E-state index in [0.29, 0.717) is 30.4 Å². The van der Waals surface area contributed by atoms with Crippen LogP contribution in [0.15, 0.2) is 47.4 Å². The second kappa shape index (κ2) is 10.3. The number of nitrogens with zero attached hydrogens (tertiary/aromatic N) is 2. The number of halogens is 3. The summed E-state index contributed by atoms with van der Waals surface area (Å²) in [5.41, 5.74) is -1.10. The van der Waals surface area contributed by atoms with E-state index in [1.54, 1.807) is 23.1 Å². The zero-order valence-corrected chi connectivity index (χ0v) is 17.5. The van der Waals surface area contributed by atoms with E-state index in [0.717, 1.165) is 23.9 Å². The maximum atomic E-state index is 12.8. The van der Waals surface area contributed by atoms with Gasteiger partial charge in [-0.1, -0.05) is 6.07 Å². The smallest absolute Gasteiger partial charge is 0.339 e. The number of thioether (sulfide) groups is 1. The maximum Gasteiger partial charge on any atom is 0.416 e. The number of nitro groups is 1. The van der Waals surface area contributed by atoms with Crippen molar-refractivity contribution in [3.63, 3.8) is 0 Å². The van der Waals surface area contributed by atoms with Crippen molar-refractivity contribution in [2.75, 3.05) is 24.2 Å². The molecule has 11 heteroatoms. The van der Waals surface area contributed by atoms with Crippen molar-refractivity contribution < 1.29 is 27.7 Å². The Kier molecular flexibility index (Phi) is 8.03. The number of hydrogen-bond donors (Lipinski definition) is 1. The molecule has 0 radical (unpaired) electrons. The fraction of sp³-hybridized carbons (Fsp3) is 0.300. The first kappa shape index (κ1) is 24.2. The van der Waals surface area contributed by atoms with Crippen LogP contribution in [0.5, 0.6) is 0 Å². The van der Waals surface area contributed by atoms with E-state index >= 15 is 0 Å². The Morgan fingerprint density at radius 3 is 2.39 bits per heavy atom. The zero-order valence-electron chi connectivity index (χ0n) is 16.7. The summed E-state index contributed by atoms with van der Waals surface area (Å²) >= 11 is 0.748. The second-order valence-electron chi connectivity index (χ2n) is 6.33. The minimum atomic E-state index is -4.71. The molecule has 166 valence electrons. The lowest BCUT2D eigenvalue weighted by molar-refractivity contribution is -0.388. The van der Waals surface area contributed by atoms with Crippen LogP contribution in [0.1, 0.15) is 29.8 Å². The average Bonchev–Trinajstić information content (AvgIpc) is 2.72. The van der Waals surface area contributed by atoms with Crippen LogP contribution >= 0.6 is 11.8 Å². The van der Waals surface area contributed by atoms with Crippen LogP contribution in [-0.4, -0.2) is 40.5 Å². The number of amides is 2. The molecule has 0 heterocycles. The third-order valence-corrected chi connectivity index (χ3v) is 5.35. The first-order valence-corrected chi connectivity index (χ1v) is 10.2. The van der Waals surface area contributed by atoms with Crippen molar-refractivity contribution in [3.05, 3.63) is 63.7 Å². The van der Waals surface area contributed by atoms with E-state index in [4.69, 9.17) is 0 Å². The molecular formula is C20H20F3N3O4S. The van der Waals surface area contributed by atoms with Crippen molar-refractivity contribution in [1.29, 1.82) is 0 Å². The number of hydrogen-bond acceptors (Lipinski definition) is 5. The van der Waals surface area contributed by atoms with E-state index < -0.39 is 28.3 Å². The number of benzene rings is 2. The quantitative estimate of drug-likeness (QED) is 0.350. The Bertz CT molecular complexity index is 978. The molecule has 1 N–H and O–H groups in total. The maximum absolute atomic E-state index is 12.8. The van der Waals surface area contributed by atoms with Crippen LogP contribution in [0.4, 0.5) is 24.5 Å². The molecular weight excluding hydrogens is 435 g/mol. The lowest BCUT2D eigenvalue weighted by Gasteiger charge is -2.19. The van der Waals surface area contributed by atoms with Crippen molar-refractivity contribution in [2.24, 2.45) is 0 Å². The summed E-state index contributed by atoms with van der Waals surface area (Å²) < 4.78 is 38.4. The van der Waals surface area contributed by atoms with Gasteiger partial charge in [-0.3, -0.25) is 19.7 Å². The van der Waals surface area contributed by atoms with Gasteiger partial charge in [-0.15, -0.1) is 11.8 Å². The van der Waals surface area contributed by atoms with Gasteiger partial charge < -0.3 is 10.2 Å². The second-order valence-corrected chi connectivity index (χ2v) is 7.35. The van der Waals surface area contributed by atoms with Gasteiger partial charge in [0.05, 0.1) is 21.1 Å². The molecule has 0 spiro atoms. The Labute approximate surface area is 180 Å². The van der Waals surface area contributed by atoms with Gasteiger partial charge in [0.25, 0.3) is 11.6 Å². The van der Waals surface area contributed by atoms with Crippen molar-refractivity contribution in [1.82, 2.24) is 4.90 Å². The SMILES string of the molecule is CCN(CC)C(=O)c1cccc(NC(=O)CSc2ccc(C(F)(F)F)cc2[N+](=O)[O-])c1. The highest BCUT2D eigenvalue weighted by molar-refractivity contribution is 8.00. The molecule has 2 aromatic carbocycles. The molecule has 0 aliphatic carbocycles. The molecule has 0 aromatic heterocycles. The summed E-state index contributed by atoms with van der Waals surface area (Å²) in [5, 5.41) is 13.7. The Balaban J connectivity index is 2.08. The number of carbonyl (C=O) groups excluding carboxylic acids is 2. The number of anilines is 1. The molecule has 31 heavy (non-hydrogen) atoms. The van der Waals surface area contributed by atoms with Crippen molar-refractivity contribution in [2.45, 2.75) is 24.9 Å². The van der Waals surface area contributed by atoms with Gasteiger partial charge in [0.1, 0.15) is 0 Å². The van der Waals surface area contributed by atoms with Crippen LogP contribution in [0.2, 0.25) is 0 Å². The summed E-state index contributed by atoms with van der Waals surface area (Å²) in [7, 11) is 0. The largest absolute Gasteiger partial charge is 0.416 e. The highest BCUT2D eigenvalue weighted by Crippen LogP contribution is 2.36. The molecule has 0 aliphatic heterocycles. The number of rotatable bonds is 8. The third-order valence-electron chi connectivity index (χ3n) is 4.29. The lowest BCUT2D eigenvalue weighted by atomic mass is 10.1. The van der Waals surface area contributed by atoms with Crippen LogP contribution in [-0.2, 0) is 11.0 Å². The van der Waals surface area contributed by atoms with Gasteiger partial charge >= 0.3 is 6.18 Å². The lowest BCUT2D eigenvalue weighted by Crippen LogP contribution is -2.30. The first-order valence-electron chi connectivity index (χ1n) is 9.24. The van der Waals surface area contributed by atoms with Gasteiger partial charge in [0.15, 0.2) is 0 Å². The third kappa shape index (κ3) is 6.45. The minimum absolute atomic E-state index is 0.0568. The van der Waals surface area contributed by atoms with Crippen LogP contribution < -0.4 is 5.32 Å². The van der Waals surface area contributed by atoms with Crippen LogP contribution in [0.25, 0.3) is 0 Å². The van der Waals surface area contributed by atoms with Crippen LogP contribution in [0.3, 0.4) is 0 Å². The van der Waals surface area contributed by atoms with E-state index in [1.165, 1.54) is 6.07 Å². The fourth-order valence-corrected chi connectivity index (χ4v) is 3.53. The number of nitro benzene ring substituents is 1. The standard InChI is InChI=1S/C20H20F3N3O4S/c1-3-25(4-2)19(28)13-6-5-7-15(10-13)24-18(27)12-31-17-9-8-14(20(21,22)23)11-16(17)26(29)30/h5-11H,3-4,12H2,1-2H3,(H,24,27). The normalized spacial score (nSPS) is 11.1. The molecule has 0 fully saturated rings.